The van der Waals surface area contributed by atoms with Gasteiger partial charge in [0.2, 0.25) is 0 Å². The molecule has 0 aromatic carbocycles. The highest BCUT2D eigenvalue weighted by molar-refractivity contribution is 7.99. The van der Waals surface area contributed by atoms with Gasteiger partial charge in [-0.1, -0.05) is 25.6 Å². The van der Waals surface area contributed by atoms with E-state index in [-0.39, 0.29) is 5.75 Å². The number of thioether (sulfide) groups is 1. The van der Waals surface area contributed by atoms with Crippen molar-refractivity contribution in [3.8, 4) is 0 Å². The molecule has 0 aliphatic carbocycles. The molecule has 108 valence electrons. The molecule has 0 bridgehead atoms. The van der Waals surface area contributed by atoms with Crippen LogP contribution < -0.4 is 0 Å². The van der Waals surface area contributed by atoms with Crippen molar-refractivity contribution in [3.63, 3.8) is 0 Å². The molecular weight excluding hydrogens is 266 g/mol. The molecular formula is C12H21N3O3S. The van der Waals surface area contributed by atoms with Gasteiger partial charge in [-0.25, -0.2) is 0 Å². The molecule has 0 spiro atoms. The van der Waals surface area contributed by atoms with E-state index >= 15 is 0 Å². The Morgan fingerprint density at radius 1 is 1.47 bits per heavy atom. The van der Waals surface area contributed by atoms with E-state index in [0.29, 0.717) is 30.7 Å². The van der Waals surface area contributed by atoms with Crippen molar-refractivity contribution in [3.05, 3.63) is 5.82 Å². The number of rotatable bonds is 9. The summed E-state index contributed by atoms with van der Waals surface area (Å²) in [7, 11) is 0. The first-order chi connectivity index (χ1) is 9.04. The minimum atomic E-state index is -0.847. The van der Waals surface area contributed by atoms with E-state index in [1.54, 1.807) is 0 Å². The lowest BCUT2D eigenvalue weighted by Crippen LogP contribution is -2.12. The van der Waals surface area contributed by atoms with Gasteiger partial charge in [-0.2, -0.15) is 0 Å². The van der Waals surface area contributed by atoms with Crippen LogP contribution in [0.4, 0.5) is 0 Å². The average molecular weight is 287 g/mol. The number of ether oxygens (including phenoxy) is 1. The Kier molecular flexibility index (Phi) is 6.86. The minimum Gasteiger partial charge on any atom is -0.481 e. The second-order valence-corrected chi connectivity index (χ2v) is 5.48. The molecule has 1 aromatic rings. The molecule has 7 heteroatoms. The van der Waals surface area contributed by atoms with Gasteiger partial charge in [0.1, 0.15) is 5.82 Å². The van der Waals surface area contributed by atoms with Gasteiger partial charge in [-0.3, -0.25) is 4.79 Å². The van der Waals surface area contributed by atoms with E-state index in [9.17, 15) is 4.79 Å². The molecule has 1 N–H and O–H groups in total. The van der Waals surface area contributed by atoms with Gasteiger partial charge in [0, 0.05) is 19.6 Å². The Hall–Kier alpha value is -1.08. The van der Waals surface area contributed by atoms with Gasteiger partial charge in [0.25, 0.3) is 0 Å². The fourth-order valence-electron chi connectivity index (χ4n) is 1.59. The second kappa shape index (κ2) is 8.16. The van der Waals surface area contributed by atoms with Gasteiger partial charge >= 0.3 is 5.97 Å². The molecule has 1 heterocycles. The summed E-state index contributed by atoms with van der Waals surface area (Å²) >= 11 is 1.21. The van der Waals surface area contributed by atoms with Crippen molar-refractivity contribution >= 4 is 17.7 Å². The summed E-state index contributed by atoms with van der Waals surface area (Å²) in [5.74, 6) is 0.461. The minimum absolute atomic E-state index is 0.00168. The van der Waals surface area contributed by atoms with E-state index in [0.717, 1.165) is 12.4 Å². The SMILES string of the molecule is CCOCCc1nnc(SCC(=O)O)n1CC(C)C. The van der Waals surface area contributed by atoms with Gasteiger partial charge in [-0.15, -0.1) is 10.2 Å². The Morgan fingerprint density at radius 3 is 2.79 bits per heavy atom. The quantitative estimate of drug-likeness (QED) is 0.550. The molecule has 0 atom stereocenters. The van der Waals surface area contributed by atoms with Crippen LogP contribution >= 0.6 is 11.8 Å². The largest absolute Gasteiger partial charge is 0.481 e. The lowest BCUT2D eigenvalue weighted by atomic mass is 10.2. The van der Waals surface area contributed by atoms with E-state index in [1.165, 1.54) is 11.8 Å². The highest BCUT2D eigenvalue weighted by Crippen LogP contribution is 2.18. The predicted octanol–water partition coefficient (Wildman–Crippen LogP) is 1.69. The highest BCUT2D eigenvalue weighted by atomic mass is 32.2. The van der Waals surface area contributed by atoms with E-state index in [4.69, 9.17) is 9.84 Å². The highest BCUT2D eigenvalue weighted by Gasteiger charge is 2.14. The van der Waals surface area contributed by atoms with Crippen molar-refractivity contribution in [2.75, 3.05) is 19.0 Å². The first-order valence-corrected chi connectivity index (χ1v) is 7.37. The summed E-state index contributed by atoms with van der Waals surface area (Å²) in [6.07, 6.45) is 0.696. The van der Waals surface area contributed by atoms with Crippen molar-refractivity contribution in [1.29, 1.82) is 0 Å². The molecule has 0 amide bonds. The van der Waals surface area contributed by atoms with Crippen molar-refractivity contribution in [2.24, 2.45) is 5.92 Å². The summed E-state index contributed by atoms with van der Waals surface area (Å²) in [5, 5.41) is 17.6. The summed E-state index contributed by atoms with van der Waals surface area (Å²) < 4.78 is 7.32. The van der Waals surface area contributed by atoms with Crippen molar-refractivity contribution < 1.29 is 14.6 Å². The van der Waals surface area contributed by atoms with Crippen LogP contribution in [0.1, 0.15) is 26.6 Å². The molecule has 0 radical (unpaired) electrons. The lowest BCUT2D eigenvalue weighted by molar-refractivity contribution is -0.133. The fraction of sp³-hybridized carbons (Fsp3) is 0.750. The molecule has 0 saturated heterocycles. The predicted molar refractivity (Wildman–Crippen MR) is 73.4 cm³/mol. The summed E-state index contributed by atoms with van der Waals surface area (Å²) in [5.41, 5.74) is 0. The third kappa shape index (κ3) is 5.61. The third-order valence-electron chi connectivity index (χ3n) is 2.34. The molecule has 19 heavy (non-hydrogen) atoms. The number of nitrogens with zero attached hydrogens (tertiary/aromatic N) is 3. The van der Waals surface area contributed by atoms with Crippen molar-refractivity contribution in [2.45, 2.75) is 38.9 Å². The molecule has 1 rings (SSSR count). The Bertz CT molecular complexity index is 407. The first kappa shape index (κ1) is 16.0. The zero-order valence-electron chi connectivity index (χ0n) is 11.6. The Labute approximate surface area is 117 Å². The molecule has 0 fully saturated rings. The first-order valence-electron chi connectivity index (χ1n) is 6.39. The summed E-state index contributed by atoms with van der Waals surface area (Å²) in [4.78, 5) is 10.6. The summed E-state index contributed by atoms with van der Waals surface area (Å²) in [6.45, 7) is 8.24. The van der Waals surface area contributed by atoms with Crippen LogP contribution in [0.3, 0.4) is 0 Å². The lowest BCUT2D eigenvalue weighted by Gasteiger charge is -2.12. The normalized spacial score (nSPS) is 11.2. The Balaban J connectivity index is 2.75. The van der Waals surface area contributed by atoms with E-state index in [2.05, 4.69) is 24.0 Å². The van der Waals surface area contributed by atoms with Crippen LogP contribution in [0.25, 0.3) is 0 Å². The van der Waals surface area contributed by atoms with Gasteiger partial charge in [0.15, 0.2) is 5.16 Å². The van der Waals surface area contributed by atoms with E-state index in [1.807, 2.05) is 11.5 Å². The maximum Gasteiger partial charge on any atom is 0.313 e. The van der Waals surface area contributed by atoms with E-state index < -0.39 is 5.97 Å². The van der Waals surface area contributed by atoms with Crippen molar-refractivity contribution in [1.82, 2.24) is 14.8 Å². The Morgan fingerprint density at radius 2 is 2.21 bits per heavy atom. The molecule has 6 nitrogen and oxygen atoms in total. The van der Waals surface area contributed by atoms with Crippen LogP contribution in [0.2, 0.25) is 0 Å². The van der Waals surface area contributed by atoms with Crippen LogP contribution in [0, 0.1) is 5.92 Å². The molecule has 0 aliphatic heterocycles. The number of aromatic nitrogens is 3. The van der Waals surface area contributed by atoms with Crippen LogP contribution in [0.15, 0.2) is 5.16 Å². The standard InChI is InChI=1S/C12H21N3O3S/c1-4-18-6-5-10-13-14-12(19-8-11(16)17)15(10)7-9(2)3/h9H,4-8H2,1-3H3,(H,16,17). The van der Waals surface area contributed by atoms with Crippen LogP contribution in [-0.4, -0.2) is 44.8 Å². The van der Waals surface area contributed by atoms with Crippen LogP contribution in [0.5, 0.6) is 0 Å². The number of carbonyl (C=O) groups is 1. The maximum atomic E-state index is 10.6. The molecule has 1 aromatic heterocycles. The zero-order valence-corrected chi connectivity index (χ0v) is 12.4. The molecule has 0 aliphatic rings. The number of aliphatic carboxylic acids is 1. The average Bonchev–Trinajstić information content (AvgIpc) is 2.69. The number of hydrogen-bond acceptors (Lipinski definition) is 5. The molecule has 0 saturated carbocycles. The number of carboxylic acid groups (broad SMARTS) is 1. The summed E-state index contributed by atoms with van der Waals surface area (Å²) in [6, 6.07) is 0. The number of carboxylic acids is 1. The van der Waals surface area contributed by atoms with Gasteiger partial charge in [0.05, 0.1) is 12.4 Å². The molecule has 0 unspecified atom stereocenters. The fourth-order valence-corrected chi connectivity index (χ4v) is 2.28. The zero-order chi connectivity index (χ0) is 14.3. The third-order valence-corrected chi connectivity index (χ3v) is 3.29. The monoisotopic (exact) mass is 287 g/mol. The van der Waals surface area contributed by atoms with Gasteiger partial charge < -0.3 is 14.4 Å². The van der Waals surface area contributed by atoms with Crippen LogP contribution in [-0.2, 0) is 22.5 Å². The van der Waals surface area contributed by atoms with Gasteiger partial charge in [-0.05, 0) is 12.8 Å². The second-order valence-electron chi connectivity index (χ2n) is 4.53. The maximum absolute atomic E-state index is 10.6. The topological polar surface area (TPSA) is 77.2 Å². The number of hydrogen-bond donors (Lipinski definition) is 1. The smallest absolute Gasteiger partial charge is 0.313 e.